The van der Waals surface area contributed by atoms with Crippen molar-refractivity contribution in [2.24, 2.45) is 23.8 Å². The first-order valence-corrected chi connectivity index (χ1v) is 21.4. The number of fused-ring (bicyclic) bond motifs is 6. The number of alkyl halides is 2. The summed E-state index contributed by atoms with van der Waals surface area (Å²) in [6, 6.07) is 6.06. The van der Waals surface area contributed by atoms with E-state index in [0.717, 1.165) is 71.4 Å². The largest absolute Gasteiger partial charge is 0.508 e. The molecule has 11 nitrogen and oxygen atoms in total. The number of hydrogen-bond donors (Lipinski definition) is 1. The molecule has 0 unspecified atom stereocenters. The highest BCUT2D eigenvalue weighted by atomic mass is 19.3. The number of benzene rings is 3. The number of nitrogens with zero attached hydrogens (tertiary/aromatic N) is 7. The van der Waals surface area contributed by atoms with E-state index < -0.39 is 23.0 Å². The summed E-state index contributed by atoms with van der Waals surface area (Å²) in [5.74, 6) is -1.16. The normalized spacial score (nSPS) is 27.8. The monoisotopic (exact) mass is 839 g/mol. The number of methoxy groups -OCH3 is 1. The van der Waals surface area contributed by atoms with Gasteiger partial charge in [0.2, 0.25) is 0 Å². The number of aromatic nitrogens is 4. The highest BCUT2D eigenvalue weighted by molar-refractivity contribution is 6.18. The van der Waals surface area contributed by atoms with E-state index in [2.05, 4.69) is 15.7 Å². The predicted molar refractivity (Wildman–Crippen MR) is 222 cm³/mol. The minimum Gasteiger partial charge on any atom is -0.508 e. The second kappa shape index (κ2) is 13.9. The Hall–Kier alpha value is -4.75. The number of aryl methyl sites for hydroxylation is 1. The van der Waals surface area contributed by atoms with E-state index in [9.17, 15) is 5.11 Å². The third kappa shape index (κ3) is 6.10. The molecule has 15 heteroatoms. The van der Waals surface area contributed by atoms with Crippen molar-refractivity contribution in [3.8, 4) is 35.2 Å². The number of piperazine rings is 1. The Morgan fingerprint density at radius 2 is 1.77 bits per heavy atom. The van der Waals surface area contributed by atoms with Gasteiger partial charge in [-0.15, -0.1) is 6.42 Å². The molecule has 3 aliphatic carbocycles. The maximum Gasteiger partial charge on any atom is 0.319 e. The highest BCUT2D eigenvalue weighted by Crippen LogP contribution is 2.62. The van der Waals surface area contributed by atoms with Crippen LogP contribution >= 0.6 is 0 Å². The first-order chi connectivity index (χ1) is 29.3. The summed E-state index contributed by atoms with van der Waals surface area (Å²) in [6.07, 6.45) is 13.1. The van der Waals surface area contributed by atoms with Gasteiger partial charge in [-0.3, -0.25) is 9.58 Å². The first-order valence-electron chi connectivity index (χ1n) is 21.4. The first kappa shape index (κ1) is 39.1. The van der Waals surface area contributed by atoms with Gasteiger partial charge in [0.1, 0.15) is 35.0 Å². The molecule has 3 atom stereocenters. The Balaban J connectivity index is 1.03. The summed E-state index contributed by atoms with van der Waals surface area (Å²) in [4.78, 5) is 16.6. The zero-order valence-corrected chi connectivity index (χ0v) is 34.6. The molecule has 5 heterocycles. The molecular weight excluding hydrogens is 791 g/mol. The molecule has 3 saturated heterocycles. The molecule has 320 valence electrons. The fraction of sp³-hybridized carbons (Fsp3) is 0.543. The van der Waals surface area contributed by atoms with Crippen molar-refractivity contribution in [2.75, 3.05) is 65.1 Å². The fourth-order valence-corrected chi connectivity index (χ4v) is 11.6. The van der Waals surface area contributed by atoms with E-state index in [1.807, 2.05) is 11.9 Å². The van der Waals surface area contributed by atoms with Gasteiger partial charge < -0.3 is 29.1 Å². The van der Waals surface area contributed by atoms with Crippen LogP contribution in [-0.2, 0) is 16.5 Å². The number of aromatic hydroxyl groups is 1. The van der Waals surface area contributed by atoms with Crippen molar-refractivity contribution in [1.29, 1.82) is 0 Å². The topological polar surface area (TPSA) is 101 Å². The van der Waals surface area contributed by atoms with Crippen LogP contribution in [0, 0.1) is 40.7 Å². The van der Waals surface area contributed by atoms with E-state index in [1.54, 1.807) is 25.0 Å². The van der Waals surface area contributed by atoms with Gasteiger partial charge in [-0.1, -0.05) is 12.0 Å². The second-order valence-corrected chi connectivity index (χ2v) is 19.1. The number of phenols is 1. The van der Waals surface area contributed by atoms with Gasteiger partial charge in [0.25, 0.3) is 5.92 Å². The minimum absolute atomic E-state index is 0.0351. The van der Waals surface area contributed by atoms with Crippen LogP contribution in [0.15, 0.2) is 30.5 Å². The van der Waals surface area contributed by atoms with Crippen molar-refractivity contribution >= 4 is 38.4 Å². The average molecular weight is 840 g/mol. The van der Waals surface area contributed by atoms with E-state index in [1.165, 1.54) is 24.3 Å². The Morgan fingerprint density at radius 3 is 2.43 bits per heavy atom. The molecule has 1 spiro atoms. The van der Waals surface area contributed by atoms with Crippen molar-refractivity contribution in [1.82, 2.24) is 29.5 Å². The molecular formula is C46H49F4N7O4. The maximum absolute atomic E-state index is 18.0. The van der Waals surface area contributed by atoms with Crippen LogP contribution in [0.5, 0.6) is 11.8 Å². The number of hydrogen-bond acceptors (Lipinski definition) is 10. The number of phenolic OH excluding ortho intramolecular Hbond substituents is 1. The van der Waals surface area contributed by atoms with Gasteiger partial charge in [-0.05, 0) is 80.6 Å². The smallest absolute Gasteiger partial charge is 0.319 e. The van der Waals surface area contributed by atoms with E-state index in [0.29, 0.717) is 33.9 Å². The maximum atomic E-state index is 18.0. The lowest BCUT2D eigenvalue weighted by Gasteiger charge is -2.56. The Bertz CT molecular complexity index is 2640. The lowest BCUT2D eigenvalue weighted by Crippen LogP contribution is -2.59. The Kier molecular flexibility index (Phi) is 8.90. The van der Waals surface area contributed by atoms with Crippen molar-refractivity contribution in [3.05, 3.63) is 47.7 Å². The van der Waals surface area contributed by atoms with Crippen LogP contribution in [-0.4, -0.2) is 125 Å². The number of likely N-dealkylation sites (tertiary alicyclic amines) is 1. The molecule has 3 saturated carbocycles. The van der Waals surface area contributed by atoms with Crippen molar-refractivity contribution in [2.45, 2.75) is 75.0 Å². The van der Waals surface area contributed by atoms with Crippen LogP contribution in [0.3, 0.4) is 0 Å². The molecule has 6 aliphatic rings. The lowest BCUT2D eigenvalue weighted by atomic mass is 9.63. The lowest BCUT2D eigenvalue weighted by molar-refractivity contribution is -0.184. The van der Waals surface area contributed by atoms with Crippen molar-refractivity contribution in [3.63, 3.8) is 0 Å². The van der Waals surface area contributed by atoms with Crippen LogP contribution in [0.1, 0.15) is 50.5 Å². The van der Waals surface area contributed by atoms with Gasteiger partial charge in [0.15, 0.2) is 5.82 Å². The van der Waals surface area contributed by atoms with Crippen LogP contribution in [0.4, 0.5) is 23.4 Å². The number of terminal acetylenes is 1. The molecule has 1 N–H and O–H groups in total. The Morgan fingerprint density at radius 1 is 1.03 bits per heavy atom. The summed E-state index contributed by atoms with van der Waals surface area (Å²) in [6.45, 7) is 3.58. The number of ether oxygens (including phenoxy) is 3. The third-order valence-electron chi connectivity index (χ3n) is 15.0. The summed E-state index contributed by atoms with van der Waals surface area (Å²) in [7, 11) is 5.37. The molecule has 2 bridgehead atoms. The van der Waals surface area contributed by atoms with Crippen LogP contribution in [0.25, 0.3) is 43.7 Å². The molecule has 0 amide bonds. The summed E-state index contributed by atoms with van der Waals surface area (Å²) in [5.41, 5.74) is -1.10. The fourth-order valence-electron chi connectivity index (χ4n) is 11.6. The molecule has 6 fully saturated rings. The summed E-state index contributed by atoms with van der Waals surface area (Å²) >= 11 is 0. The molecule has 0 radical (unpaired) electrons. The molecule has 61 heavy (non-hydrogen) atoms. The predicted octanol–water partition coefficient (Wildman–Crippen LogP) is 6.89. The van der Waals surface area contributed by atoms with E-state index >= 15 is 17.6 Å². The average Bonchev–Trinajstić information content (AvgIpc) is 3.35. The number of halogens is 4. The highest BCUT2D eigenvalue weighted by Gasteiger charge is 2.72. The Labute approximate surface area is 350 Å². The van der Waals surface area contributed by atoms with E-state index in [-0.39, 0.29) is 88.0 Å². The zero-order valence-electron chi connectivity index (χ0n) is 34.6. The van der Waals surface area contributed by atoms with Gasteiger partial charge in [0.05, 0.1) is 29.6 Å². The zero-order chi connectivity index (χ0) is 42.2. The standard InChI is InChI=1S/C46H49F4N7O4/c1-5-32-35(47)9-6-26-12-31(58)13-33(36(26)32)37-39(48)41-38(34-18-55(3)53-40(34)37)42(57-27-7-8-28(57)17-56(16-27)29-10-25(11-29)19-59-4)52-43(51-41)61-24-45(20-46(45,49)50)21-54(2)30-14-44(15-30)22-60-23-44/h1,6,9,12-13,18,25,27-30,58H,7-8,10-11,14-17,19-24H2,2-4H3/t25?,27-,28+,29?,45-/m1/s1. The van der Waals surface area contributed by atoms with Gasteiger partial charge in [-0.25, -0.2) is 17.6 Å². The SMILES string of the molecule is C#Cc1c(F)ccc2cc(O)cc(-c3c(F)c4nc(OC[C@]5(CN(C)C6CC7(COC7)C6)CC5(F)F)nc(N5[C@@H]6CC[C@H]5CN(C5CC(COC)C5)C6)c4c4cn(C)nc34)c12. The van der Waals surface area contributed by atoms with Crippen LogP contribution < -0.4 is 9.64 Å². The number of anilines is 1. The molecule has 2 aromatic heterocycles. The number of rotatable bonds is 11. The van der Waals surface area contributed by atoms with Gasteiger partial charge in [0, 0.05) is 98.9 Å². The second-order valence-electron chi connectivity index (χ2n) is 19.1. The molecule has 5 aromatic rings. The molecule has 3 aliphatic heterocycles. The quantitative estimate of drug-likeness (QED) is 0.112. The third-order valence-corrected chi connectivity index (χ3v) is 15.0. The van der Waals surface area contributed by atoms with E-state index in [4.69, 9.17) is 35.7 Å². The summed E-state index contributed by atoms with van der Waals surface area (Å²) in [5, 5.41) is 17.3. The summed E-state index contributed by atoms with van der Waals surface area (Å²) < 4.78 is 83.0. The molecule has 11 rings (SSSR count). The van der Waals surface area contributed by atoms with Gasteiger partial charge >= 0.3 is 6.01 Å². The van der Waals surface area contributed by atoms with Gasteiger partial charge in [-0.2, -0.15) is 15.1 Å². The van der Waals surface area contributed by atoms with Crippen LogP contribution in [0.2, 0.25) is 0 Å². The van der Waals surface area contributed by atoms with Crippen molar-refractivity contribution < 1.29 is 36.9 Å². The minimum atomic E-state index is -2.96. The molecule has 3 aromatic carbocycles.